The van der Waals surface area contributed by atoms with Crippen molar-refractivity contribution >= 4 is 0 Å². The zero-order valence-electron chi connectivity index (χ0n) is 10.7. The van der Waals surface area contributed by atoms with Crippen LogP contribution in [0.1, 0.15) is 43.6 Å². The lowest BCUT2D eigenvalue weighted by Gasteiger charge is -2.19. The molecule has 1 atom stereocenters. The van der Waals surface area contributed by atoms with Gasteiger partial charge in [-0.1, -0.05) is 13.8 Å². The summed E-state index contributed by atoms with van der Waals surface area (Å²) in [5.74, 6) is 1.11. The van der Waals surface area contributed by atoms with Gasteiger partial charge in [-0.25, -0.2) is 0 Å². The highest BCUT2D eigenvalue weighted by Crippen LogP contribution is 2.28. The lowest BCUT2D eigenvalue weighted by atomic mass is 9.88. The number of nitrogens with zero attached hydrogens (tertiary/aromatic N) is 1. The van der Waals surface area contributed by atoms with Crippen molar-refractivity contribution in [2.45, 2.75) is 47.1 Å². The van der Waals surface area contributed by atoms with Crippen LogP contribution in [0.15, 0.2) is 6.07 Å². The molecule has 0 bridgehead atoms. The van der Waals surface area contributed by atoms with Crippen LogP contribution < -0.4 is 5.73 Å². The molecule has 86 valence electrons. The van der Waals surface area contributed by atoms with Crippen LogP contribution in [0.25, 0.3) is 0 Å². The Bertz CT molecular complexity index is 324. The van der Waals surface area contributed by atoms with E-state index in [-0.39, 0.29) is 0 Å². The van der Waals surface area contributed by atoms with Gasteiger partial charge in [0.2, 0.25) is 0 Å². The van der Waals surface area contributed by atoms with Gasteiger partial charge in [0.25, 0.3) is 0 Å². The van der Waals surface area contributed by atoms with Gasteiger partial charge in [-0.15, -0.1) is 0 Å². The van der Waals surface area contributed by atoms with E-state index in [1.165, 1.54) is 17.0 Å². The van der Waals surface area contributed by atoms with Crippen molar-refractivity contribution in [3.05, 3.63) is 23.0 Å². The molecule has 0 aromatic carbocycles. The summed E-state index contributed by atoms with van der Waals surface area (Å²) >= 11 is 0. The summed E-state index contributed by atoms with van der Waals surface area (Å²) in [6.45, 7) is 12.9. The van der Waals surface area contributed by atoms with Crippen LogP contribution in [0.3, 0.4) is 0 Å². The highest BCUT2D eigenvalue weighted by atomic mass is 15.0. The number of hydrogen-bond donors (Lipinski definition) is 1. The van der Waals surface area contributed by atoms with Crippen LogP contribution >= 0.6 is 0 Å². The smallest absolute Gasteiger partial charge is 0.0196 e. The molecule has 0 saturated heterocycles. The summed E-state index contributed by atoms with van der Waals surface area (Å²) in [4.78, 5) is 0. The fourth-order valence-corrected chi connectivity index (χ4v) is 2.45. The molecule has 2 N–H and O–H groups in total. The van der Waals surface area contributed by atoms with Crippen molar-refractivity contribution in [2.75, 3.05) is 6.54 Å². The standard InChI is InChI=1S/C13H24N2/c1-6-15-10(4)7-12(11(15)5)13(8-14)9(2)3/h7,9,13H,6,8,14H2,1-5H3. The molecule has 1 heterocycles. The third-order valence-corrected chi connectivity index (χ3v) is 3.39. The molecule has 2 heteroatoms. The van der Waals surface area contributed by atoms with Gasteiger partial charge >= 0.3 is 0 Å². The molecule has 1 aromatic heterocycles. The molecule has 15 heavy (non-hydrogen) atoms. The summed E-state index contributed by atoms with van der Waals surface area (Å²) in [6, 6.07) is 2.30. The zero-order valence-corrected chi connectivity index (χ0v) is 10.7. The lowest BCUT2D eigenvalue weighted by Crippen LogP contribution is -2.18. The minimum atomic E-state index is 0.497. The molecular weight excluding hydrogens is 184 g/mol. The van der Waals surface area contributed by atoms with Crippen molar-refractivity contribution in [2.24, 2.45) is 11.7 Å². The molecule has 1 unspecified atom stereocenters. The van der Waals surface area contributed by atoms with Gasteiger partial charge in [0, 0.05) is 23.9 Å². The Morgan fingerprint density at radius 1 is 1.33 bits per heavy atom. The van der Waals surface area contributed by atoms with E-state index in [4.69, 9.17) is 5.73 Å². The molecule has 0 spiro atoms. The first-order valence-electron chi connectivity index (χ1n) is 5.89. The number of aromatic nitrogens is 1. The number of rotatable bonds is 4. The molecule has 0 aliphatic carbocycles. The molecule has 1 aromatic rings. The quantitative estimate of drug-likeness (QED) is 0.810. The maximum Gasteiger partial charge on any atom is 0.0196 e. The van der Waals surface area contributed by atoms with E-state index >= 15 is 0 Å². The predicted molar refractivity (Wildman–Crippen MR) is 66.2 cm³/mol. The van der Waals surface area contributed by atoms with E-state index in [0.717, 1.165) is 13.1 Å². The molecular formula is C13H24N2. The van der Waals surface area contributed by atoms with E-state index in [9.17, 15) is 0 Å². The van der Waals surface area contributed by atoms with Crippen molar-refractivity contribution in [3.63, 3.8) is 0 Å². The minimum Gasteiger partial charge on any atom is -0.349 e. The topological polar surface area (TPSA) is 30.9 Å². The molecule has 0 aliphatic rings. The molecule has 0 fully saturated rings. The fourth-order valence-electron chi connectivity index (χ4n) is 2.45. The summed E-state index contributed by atoms with van der Waals surface area (Å²) < 4.78 is 2.36. The van der Waals surface area contributed by atoms with Gasteiger partial charge in [0.05, 0.1) is 0 Å². The number of aryl methyl sites for hydroxylation is 1. The van der Waals surface area contributed by atoms with Crippen LogP contribution in [0.2, 0.25) is 0 Å². The minimum absolute atomic E-state index is 0.497. The Morgan fingerprint density at radius 2 is 1.93 bits per heavy atom. The monoisotopic (exact) mass is 208 g/mol. The van der Waals surface area contributed by atoms with E-state index in [1.54, 1.807) is 0 Å². The molecule has 0 aliphatic heterocycles. The van der Waals surface area contributed by atoms with E-state index in [1.807, 2.05) is 0 Å². The Labute approximate surface area is 93.5 Å². The first kappa shape index (κ1) is 12.3. The van der Waals surface area contributed by atoms with Crippen molar-refractivity contribution < 1.29 is 0 Å². The van der Waals surface area contributed by atoms with Crippen molar-refractivity contribution in [1.82, 2.24) is 4.57 Å². The van der Waals surface area contributed by atoms with Crippen molar-refractivity contribution in [3.8, 4) is 0 Å². The highest BCUT2D eigenvalue weighted by Gasteiger charge is 2.19. The van der Waals surface area contributed by atoms with Gasteiger partial charge in [-0.05, 0) is 44.9 Å². The SMILES string of the molecule is CCn1c(C)cc(C(CN)C(C)C)c1C. The Hall–Kier alpha value is -0.760. The van der Waals surface area contributed by atoms with E-state index < -0.39 is 0 Å². The average Bonchev–Trinajstić information content (AvgIpc) is 2.43. The Morgan fingerprint density at radius 3 is 2.27 bits per heavy atom. The molecule has 2 nitrogen and oxygen atoms in total. The number of hydrogen-bond acceptors (Lipinski definition) is 1. The zero-order chi connectivity index (χ0) is 11.6. The summed E-state index contributed by atoms with van der Waals surface area (Å²) in [5.41, 5.74) is 10.0. The Balaban J connectivity index is 3.13. The third kappa shape index (κ3) is 2.25. The molecule has 0 amide bonds. The van der Waals surface area contributed by atoms with Gasteiger partial charge < -0.3 is 10.3 Å². The van der Waals surface area contributed by atoms with Crippen LogP contribution in [0, 0.1) is 19.8 Å². The average molecular weight is 208 g/mol. The third-order valence-electron chi connectivity index (χ3n) is 3.39. The summed E-state index contributed by atoms with van der Waals surface area (Å²) in [7, 11) is 0. The van der Waals surface area contributed by atoms with Gasteiger partial charge in [0.1, 0.15) is 0 Å². The second kappa shape index (κ2) is 4.84. The van der Waals surface area contributed by atoms with Crippen LogP contribution in [-0.2, 0) is 6.54 Å². The first-order valence-corrected chi connectivity index (χ1v) is 5.89. The molecule has 0 radical (unpaired) electrons. The fraction of sp³-hybridized carbons (Fsp3) is 0.692. The highest BCUT2D eigenvalue weighted by molar-refractivity contribution is 5.30. The van der Waals surface area contributed by atoms with Crippen LogP contribution in [0.5, 0.6) is 0 Å². The maximum absolute atomic E-state index is 5.87. The van der Waals surface area contributed by atoms with Gasteiger partial charge in [0.15, 0.2) is 0 Å². The van der Waals surface area contributed by atoms with Crippen molar-refractivity contribution in [1.29, 1.82) is 0 Å². The number of nitrogens with two attached hydrogens (primary N) is 1. The van der Waals surface area contributed by atoms with E-state index in [2.05, 4.69) is 45.3 Å². The molecule has 0 saturated carbocycles. The van der Waals surface area contributed by atoms with Gasteiger partial charge in [-0.2, -0.15) is 0 Å². The first-order chi connectivity index (χ1) is 7.02. The summed E-state index contributed by atoms with van der Waals surface area (Å²) in [6.07, 6.45) is 0. The predicted octanol–water partition coefficient (Wildman–Crippen LogP) is 2.82. The van der Waals surface area contributed by atoms with Crippen LogP contribution in [-0.4, -0.2) is 11.1 Å². The molecule has 1 rings (SSSR count). The Kier molecular flexibility index (Phi) is 3.97. The second-order valence-corrected chi connectivity index (χ2v) is 4.66. The van der Waals surface area contributed by atoms with E-state index in [0.29, 0.717) is 11.8 Å². The largest absolute Gasteiger partial charge is 0.349 e. The second-order valence-electron chi connectivity index (χ2n) is 4.66. The van der Waals surface area contributed by atoms with Crippen LogP contribution in [0.4, 0.5) is 0 Å². The van der Waals surface area contributed by atoms with Gasteiger partial charge in [-0.3, -0.25) is 0 Å². The normalized spacial score (nSPS) is 13.5. The summed E-state index contributed by atoms with van der Waals surface area (Å²) in [5, 5.41) is 0. The maximum atomic E-state index is 5.87. The lowest BCUT2D eigenvalue weighted by molar-refractivity contribution is 0.502.